The molecule has 3 nitrogen and oxygen atoms in total. The second-order valence-corrected chi connectivity index (χ2v) is 19.3. The lowest BCUT2D eigenvalue weighted by molar-refractivity contribution is 0.660. The van der Waals surface area contributed by atoms with E-state index in [9.17, 15) is 0 Å². The molecular weight excluding hydrogens is 849 g/mol. The van der Waals surface area contributed by atoms with Crippen molar-refractivity contribution in [3.8, 4) is 50.2 Å². The summed E-state index contributed by atoms with van der Waals surface area (Å²) in [5.41, 5.74) is 20.3. The van der Waals surface area contributed by atoms with Crippen LogP contribution >= 0.6 is 0 Å². The zero-order valence-electron chi connectivity index (χ0n) is 38.9. The number of rotatable bonds is 7. The molecule has 14 rings (SSSR count). The summed E-state index contributed by atoms with van der Waals surface area (Å²) in [5.74, 6) is 0. The van der Waals surface area contributed by atoms with Crippen molar-refractivity contribution in [2.75, 3.05) is 4.90 Å². The minimum Gasteiger partial charge on any atom is -0.455 e. The van der Waals surface area contributed by atoms with Gasteiger partial charge in [0.15, 0.2) is 0 Å². The highest BCUT2D eigenvalue weighted by Crippen LogP contribution is 2.52. The summed E-state index contributed by atoms with van der Waals surface area (Å²) < 4.78 is 9.34. The van der Waals surface area contributed by atoms with Gasteiger partial charge >= 0.3 is 0 Å². The van der Waals surface area contributed by atoms with E-state index in [2.05, 4.69) is 266 Å². The standard InChI is InChI=1S/C67H46N2O/c1-67(2)59-28-11-5-24-52(59)53-37-36-47(40-60(53)67)51-23-7-13-30-62(51)69(61-29-12-6-22-50(61)46-35-34-43-18-3-4-19-44(43)38-46)49-41-57(66-58(42-49)56-27-10-16-33-65(56)70-66)45-20-17-21-48(39-45)68-63-31-14-8-25-54(63)55-26-9-15-32-64(55)68/h3-42H,1-2H3. The van der Waals surface area contributed by atoms with Crippen LogP contribution in [0.5, 0.6) is 0 Å². The molecule has 0 fully saturated rings. The zero-order valence-corrected chi connectivity index (χ0v) is 38.9. The molecule has 2 heterocycles. The number of benzene rings is 11. The Bertz CT molecular complexity index is 4190. The van der Waals surface area contributed by atoms with E-state index in [4.69, 9.17) is 4.42 Å². The molecule has 0 amide bonds. The quantitative estimate of drug-likeness (QED) is 0.159. The van der Waals surface area contributed by atoms with Gasteiger partial charge in [-0.25, -0.2) is 0 Å². The maximum atomic E-state index is 6.95. The Morgan fingerprint density at radius 1 is 0.371 bits per heavy atom. The van der Waals surface area contributed by atoms with Crippen molar-refractivity contribution in [3.63, 3.8) is 0 Å². The Morgan fingerprint density at radius 2 is 0.943 bits per heavy atom. The highest BCUT2D eigenvalue weighted by Gasteiger charge is 2.35. The van der Waals surface area contributed by atoms with Gasteiger partial charge in [0.05, 0.1) is 22.4 Å². The van der Waals surface area contributed by atoms with Gasteiger partial charge in [-0.2, -0.15) is 0 Å². The number of nitrogens with zero attached hydrogens (tertiary/aromatic N) is 2. The number of hydrogen-bond donors (Lipinski definition) is 0. The molecule has 13 aromatic rings. The second kappa shape index (κ2) is 15.6. The van der Waals surface area contributed by atoms with Gasteiger partial charge in [-0.1, -0.05) is 190 Å². The van der Waals surface area contributed by atoms with Crippen molar-refractivity contribution >= 4 is 71.6 Å². The van der Waals surface area contributed by atoms with E-state index in [1.54, 1.807) is 0 Å². The van der Waals surface area contributed by atoms with Crippen LogP contribution in [-0.4, -0.2) is 4.57 Å². The van der Waals surface area contributed by atoms with Crippen molar-refractivity contribution < 1.29 is 4.42 Å². The van der Waals surface area contributed by atoms with Crippen LogP contribution in [0.1, 0.15) is 25.0 Å². The van der Waals surface area contributed by atoms with Gasteiger partial charge < -0.3 is 13.9 Å². The predicted octanol–water partition coefficient (Wildman–Crippen LogP) is 18.6. The van der Waals surface area contributed by atoms with Gasteiger partial charge in [0, 0.05) is 55.0 Å². The number of furan rings is 1. The lowest BCUT2D eigenvalue weighted by Crippen LogP contribution is -2.15. The van der Waals surface area contributed by atoms with Crippen LogP contribution in [0.2, 0.25) is 0 Å². The summed E-state index contributed by atoms with van der Waals surface area (Å²) in [6.45, 7) is 4.73. The molecule has 1 aliphatic carbocycles. The topological polar surface area (TPSA) is 21.3 Å². The normalized spacial score (nSPS) is 12.8. The smallest absolute Gasteiger partial charge is 0.143 e. The van der Waals surface area contributed by atoms with Gasteiger partial charge in [0.25, 0.3) is 0 Å². The number of para-hydroxylation sites is 5. The van der Waals surface area contributed by atoms with Crippen LogP contribution in [0, 0.1) is 0 Å². The number of hydrogen-bond acceptors (Lipinski definition) is 2. The lowest BCUT2D eigenvalue weighted by Gasteiger charge is -2.31. The molecule has 1 aliphatic rings. The monoisotopic (exact) mass is 894 g/mol. The van der Waals surface area contributed by atoms with E-state index >= 15 is 0 Å². The molecule has 70 heavy (non-hydrogen) atoms. The Morgan fingerprint density at radius 3 is 1.70 bits per heavy atom. The predicted molar refractivity (Wildman–Crippen MR) is 294 cm³/mol. The van der Waals surface area contributed by atoms with E-state index in [0.29, 0.717) is 0 Å². The number of aromatic nitrogens is 1. The summed E-state index contributed by atoms with van der Waals surface area (Å²) in [7, 11) is 0. The fourth-order valence-corrected chi connectivity index (χ4v) is 11.6. The summed E-state index contributed by atoms with van der Waals surface area (Å²) in [6, 6.07) is 88.9. The fraction of sp³-hybridized carbons (Fsp3) is 0.0448. The summed E-state index contributed by atoms with van der Waals surface area (Å²) in [5, 5.41) is 7.05. The van der Waals surface area contributed by atoms with Crippen LogP contribution in [0.25, 0.3) is 105 Å². The van der Waals surface area contributed by atoms with E-state index in [-0.39, 0.29) is 5.41 Å². The Kier molecular flexibility index (Phi) is 8.93. The molecule has 3 heteroatoms. The van der Waals surface area contributed by atoms with Gasteiger partial charge in [-0.3, -0.25) is 0 Å². The van der Waals surface area contributed by atoms with Gasteiger partial charge in [0.1, 0.15) is 11.2 Å². The van der Waals surface area contributed by atoms with Crippen LogP contribution < -0.4 is 4.90 Å². The zero-order chi connectivity index (χ0) is 46.5. The highest BCUT2D eigenvalue weighted by atomic mass is 16.3. The largest absolute Gasteiger partial charge is 0.455 e. The SMILES string of the molecule is CC1(C)c2ccccc2-c2ccc(-c3ccccc3N(c3cc(-c4cccc(-n5c6ccccc6c6ccccc65)c4)c4oc5ccccc5c4c3)c3ccccc3-c3ccc4ccccc4c3)cc21. The first kappa shape index (κ1) is 40.2. The molecule has 0 unspecified atom stereocenters. The van der Waals surface area contributed by atoms with Crippen molar-refractivity contribution in [3.05, 3.63) is 254 Å². The van der Waals surface area contributed by atoms with Gasteiger partial charge in [-0.15, -0.1) is 0 Å². The molecule has 0 saturated carbocycles. The van der Waals surface area contributed by atoms with E-state index in [1.807, 2.05) is 0 Å². The summed E-state index contributed by atoms with van der Waals surface area (Å²) in [4.78, 5) is 2.49. The fourth-order valence-electron chi connectivity index (χ4n) is 11.6. The van der Waals surface area contributed by atoms with E-state index in [0.717, 1.165) is 72.5 Å². The minimum atomic E-state index is -0.144. The summed E-state index contributed by atoms with van der Waals surface area (Å²) in [6.07, 6.45) is 0. The third kappa shape index (κ3) is 6.15. The molecule has 0 N–H and O–H groups in total. The van der Waals surface area contributed by atoms with Crippen molar-refractivity contribution in [2.45, 2.75) is 19.3 Å². The van der Waals surface area contributed by atoms with Crippen LogP contribution in [0.15, 0.2) is 247 Å². The first-order valence-electron chi connectivity index (χ1n) is 24.2. The average Bonchev–Trinajstić information content (AvgIpc) is 4.04. The number of fused-ring (bicyclic) bond motifs is 10. The maximum Gasteiger partial charge on any atom is 0.143 e. The maximum absolute atomic E-state index is 6.95. The van der Waals surface area contributed by atoms with Crippen molar-refractivity contribution in [1.29, 1.82) is 0 Å². The second-order valence-electron chi connectivity index (χ2n) is 19.3. The molecule has 0 spiro atoms. The molecule has 0 bridgehead atoms. The molecule has 330 valence electrons. The molecule has 0 aliphatic heterocycles. The average molecular weight is 895 g/mol. The first-order valence-corrected chi connectivity index (χ1v) is 24.2. The van der Waals surface area contributed by atoms with Crippen molar-refractivity contribution in [1.82, 2.24) is 4.57 Å². The van der Waals surface area contributed by atoms with E-state index in [1.165, 1.54) is 60.4 Å². The van der Waals surface area contributed by atoms with Crippen LogP contribution in [-0.2, 0) is 5.41 Å². The Hall–Kier alpha value is -8.92. The molecule has 0 saturated heterocycles. The third-order valence-electron chi connectivity index (χ3n) is 15.0. The van der Waals surface area contributed by atoms with Crippen LogP contribution in [0.3, 0.4) is 0 Å². The first-order chi connectivity index (χ1) is 34.5. The van der Waals surface area contributed by atoms with Gasteiger partial charge in [-0.05, 0) is 116 Å². The van der Waals surface area contributed by atoms with Crippen molar-refractivity contribution in [2.24, 2.45) is 0 Å². The van der Waals surface area contributed by atoms with E-state index < -0.39 is 0 Å². The molecule has 0 atom stereocenters. The molecule has 11 aromatic carbocycles. The lowest BCUT2D eigenvalue weighted by atomic mass is 9.81. The number of anilines is 3. The highest BCUT2D eigenvalue weighted by molar-refractivity contribution is 6.13. The third-order valence-corrected chi connectivity index (χ3v) is 15.0. The Balaban J connectivity index is 1.03. The Labute approximate surface area is 406 Å². The molecular formula is C67H46N2O. The van der Waals surface area contributed by atoms with Crippen LogP contribution in [0.4, 0.5) is 17.1 Å². The molecule has 0 radical (unpaired) electrons. The minimum absolute atomic E-state index is 0.144. The van der Waals surface area contributed by atoms with Gasteiger partial charge in [0.2, 0.25) is 0 Å². The summed E-state index contributed by atoms with van der Waals surface area (Å²) >= 11 is 0. The molecule has 2 aromatic heterocycles.